The molecule has 0 bridgehead atoms. The molecule has 4 heteroatoms. The van der Waals surface area contributed by atoms with Gasteiger partial charge in [0.25, 0.3) is 0 Å². The maximum atomic E-state index is 10.3. The Labute approximate surface area is 127 Å². The summed E-state index contributed by atoms with van der Waals surface area (Å²) < 4.78 is 5.98. The van der Waals surface area contributed by atoms with Gasteiger partial charge < -0.3 is 9.84 Å². The normalized spacial score (nSPS) is 21.2. The molecule has 1 heterocycles. The molecular formula is C16H14Cl2O2. The number of halogens is 2. The first-order chi connectivity index (χ1) is 9.56. The summed E-state index contributed by atoms with van der Waals surface area (Å²) in [5.41, 5.74) is 2.66. The first kappa shape index (κ1) is 13.7. The van der Waals surface area contributed by atoms with Gasteiger partial charge in [-0.05, 0) is 31.2 Å². The van der Waals surface area contributed by atoms with Crippen LogP contribution in [0.25, 0.3) is 0 Å². The Hall–Kier alpha value is -1.22. The Balaban J connectivity index is 2.01. The van der Waals surface area contributed by atoms with Crippen molar-refractivity contribution in [3.8, 4) is 5.75 Å². The van der Waals surface area contributed by atoms with Gasteiger partial charge in [-0.1, -0.05) is 40.9 Å². The molecule has 2 atom stereocenters. The summed E-state index contributed by atoms with van der Waals surface area (Å²) in [7, 11) is 0. The number of fused-ring (bicyclic) bond motifs is 1. The van der Waals surface area contributed by atoms with E-state index in [1.165, 1.54) is 0 Å². The second kappa shape index (κ2) is 5.28. The molecular weight excluding hydrogens is 295 g/mol. The van der Waals surface area contributed by atoms with E-state index in [0.29, 0.717) is 22.2 Å². The van der Waals surface area contributed by atoms with Gasteiger partial charge in [-0.25, -0.2) is 0 Å². The summed E-state index contributed by atoms with van der Waals surface area (Å²) in [5.74, 6) is 0.690. The molecule has 0 radical (unpaired) electrons. The Morgan fingerprint density at radius 2 is 1.85 bits per heavy atom. The number of hydrogen-bond acceptors (Lipinski definition) is 2. The van der Waals surface area contributed by atoms with Gasteiger partial charge in [0.05, 0.1) is 6.10 Å². The Morgan fingerprint density at radius 3 is 2.55 bits per heavy atom. The van der Waals surface area contributed by atoms with Crippen LogP contribution in [0.4, 0.5) is 0 Å². The molecule has 0 saturated heterocycles. The fourth-order valence-electron chi connectivity index (χ4n) is 2.56. The van der Waals surface area contributed by atoms with E-state index in [2.05, 4.69) is 0 Å². The SMILES string of the molecule is Cc1ccc2c(c1)[C@@H](O)CC(c1c(Cl)cccc1Cl)O2. The topological polar surface area (TPSA) is 29.5 Å². The van der Waals surface area contributed by atoms with E-state index in [9.17, 15) is 5.11 Å². The van der Waals surface area contributed by atoms with Gasteiger partial charge in [0.2, 0.25) is 0 Å². The number of ether oxygens (including phenoxy) is 1. The Bertz CT molecular complexity index is 635. The molecule has 2 aromatic carbocycles. The smallest absolute Gasteiger partial charge is 0.129 e. The largest absolute Gasteiger partial charge is 0.485 e. The first-order valence-electron chi connectivity index (χ1n) is 6.45. The monoisotopic (exact) mass is 308 g/mol. The quantitative estimate of drug-likeness (QED) is 0.815. The standard InChI is InChI=1S/C16H14Cl2O2/c1-9-5-6-14-10(7-9)13(19)8-15(20-14)16-11(17)3-2-4-12(16)18/h2-7,13,15,19H,8H2,1H3/t13-,15?/m0/s1. The molecule has 2 aromatic rings. The third-order valence-corrected chi connectivity index (χ3v) is 4.21. The summed E-state index contributed by atoms with van der Waals surface area (Å²) in [6.07, 6.45) is -0.461. The third kappa shape index (κ3) is 2.39. The van der Waals surface area contributed by atoms with Crippen LogP contribution in [0.5, 0.6) is 5.75 Å². The van der Waals surface area contributed by atoms with Crippen LogP contribution in [0.15, 0.2) is 36.4 Å². The van der Waals surface area contributed by atoms with Crippen LogP contribution in [0.3, 0.4) is 0 Å². The van der Waals surface area contributed by atoms with Crippen molar-refractivity contribution in [1.82, 2.24) is 0 Å². The minimum atomic E-state index is -0.573. The van der Waals surface area contributed by atoms with E-state index in [4.69, 9.17) is 27.9 Å². The highest BCUT2D eigenvalue weighted by atomic mass is 35.5. The lowest BCUT2D eigenvalue weighted by Gasteiger charge is -2.31. The zero-order chi connectivity index (χ0) is 14.3. The van der Waals surface area contributed by atoms with E-state index >= 15 is 0 Å². The average Bonchev–Trinajstić information content (AvgIpc) is 2.39. The predicted octanol–water partition coefficient (Wildman–Crippen LogP) is 4.86. The van der Waals surface area contributed by atoms with Crippen molar-refractivity contribution in [3.63, 3.8) is 0 Å². The van der Waals surface area contributed by atoms with Crippen molar-refractivity contribution < 1.29 is 9.84 Å². The predicted molar refractivity (Wildman–Crippen MR) is 80.6 cm³/mol. The maximum absolute atomic E-state index is 10.3. The fourth-order valence-corrected chi connectivity index (χ4v) is 3.20. The minimum Gasteiger partial charge on any atom is -0.485 e. The number of aliphatic hydroxyl groups excluding tert-OH is 1. The third-order valence-electron chi connectivity index (χ3n) is 3.55. The van der Waals surface area contributed by atoms with Crippen LogP contribution in [-0.4, -0.2) is 5.11 Å². The molecule has 1 N–H and O–H groups in total. The highest BCUT2D eigenvalue weighted by Gasteiger charge is 2.30. The molecule has 1 aliphatic heterocycles. The molecule has 0 aliphatic carbocycles. The minimum absolute atomic E-state index is 0.332. The van der Waals surface area contributed by atoms with Gasteiger partial charge in [-0.3, -0.25) is 0 Å². The molecule has 1 aliphatic rings. The van der Waals surface area contributed by atoms with Gasteiger partial charge in [-0.2, -0.15) is 0 Å². The molecule has 0 amide bonds. The second-order valence-electron chi connectivity index (χ2n) is 5.03. The van der Waals surface area contributed by atoms with E-state index in [1.54, 1.807) is 18.2 Å². The van der Waals surface area contributed by atoms with Crippen LogP contribution in [-0.2, 0) is 0 Å². The summed E-state index contributed by atoms with van der Waals surface area (Å²) in [6, 6.07) is 11.1. The Kier molecular flexibility index (Phi) is 3.63. The second-order valence-corrected chi connectivity index (χ2v) is 5.85. The van der Waals surface area contributed by atoms with Crippen LogP contribution in [0.2, 0.25) is 10.0 Å². The van der Waals surface area contributed by atoms with Crippen LogP contribution in [0.1, 0.15) is 35.3 Å². The zero-order valence-corrected chi connectivity index (χ0v) is 12.4. The van der Waals surface area contributed by atoms with Crippen LogP contribution in [0, 0.1) is 6.92 Å². The molecule has 1 unspecified atom stereocenters. The van der Waals surface area contributed by atoms with E-state index in [1.807, 2.05) is 25.1 Å². The lowest BCUT2D eigenvalue weighted by molar-refractivity contribution is 0.0658. The van der Waals surface area contributed by atoms with Crippen LogP contribution >= 0.6 is 23.2 Å². The molecule has 20 heavy (non-hydrogen) atoms. The molecule has 2 nitrogen and oxygen atoms in total. The first-order valence-corrected chi connectivity index (χ1v) is 7.21. The van der Waals surface area contributed by atoms with Gasteiger partial charge in [0.15, 0.2) is 0 Å². The fraction of sp³-hybridized carbons (Fsp3) is 0.250. The van der Waals surface area contributed by atoms with Crippen molar-refractivity contribution in [3.05, 3.63) is 63.1 Å². The lowest BCUT2D eigenvalue weighted by atomic mass is 9.94. The summed E-state index contributed by atoms with van der Waals surface area (Å²) in [6.45, 7) is 1.99. The summed E-state index contributed by atoms with van der Waals surface area (Å²) >= 11 is 12.4. The number of aliphatic hydroxyl groups is 1. The number of hydrogen-bond donors (Lipinski definition) is 1. The molecule has 0 spiro atoms. The van der Waals surface area contributed by atoms with Crippen molar-refractivity contribution in [2.75, 3.05) is 0 Å². The number of aryl methyl sites for hydroxylation is 1. The summed E-state index contributed by atoms with van der Waals surface area (Å²) in [4.78, 5) is 0. The molecule has 0 fully saturated rings. The van der Waals surface area contributed by atoms with Crippen molar-refractivity contribution >= 4 is 23.2 Å². The van der Waals surface area contributed by atoms with Gasteiger partial charge in [0.1, 0.15) is 11.9 Å². The maximum Gasteiger partial charge on any atom is 0.129 e. The number of rotatable bonds is 1. The van der Waals surface area contributed by atoms with E-state index in [0.717, 1.165) is 16.7 Å². The highest BCUT2D eigenvalue weighted by Crippen LogP contribution is 2.44. The van der Waals surface area contributed by atoms with Crippen LogP contribution < -0.4 is 4.74 Å². The Morgan fingerprint density at radius 1 is 1.15 bits per heavy atom. The van der Waals surface area contributed by atoms with Gasteiger partial charge in [0, 0.05) is 27.6 Å². The zero-order valence-electron chi connectivity index (χ0n) is 10.9. The van der Waals surface area contributed by atoms with Crippen molar-refractivity contribution in [2.45, 2.75) is 25.6 Å². The average molecular weight is 309 g/mol. The van der Waals surface area contributed by atoms with E-state index in [-0.39, 0.29) is 6.10 Å². The van der Waals surface area contributed by atoms with Crippen molar-refractivity contribution in [2.24, 2.45) is 0 Å². The van der Waals surface area contributed by atoms with Gasteiger partial charge in [-0.15, -0.1) is 0 Å². The molecule has 104 valence electrons. The molecule has 3 rings (SSSR count). The van der Waals surface area contributed by atoms with Gasteiger partial charge >= 0.3 is 0 Å². The highest BCUT2D eigenvalue weighted by molar-refractivity contribution is 6.36. The number of benzene rings is 2. The molecule has 0 aromatic heterocycles. The molecule has 0 saturated carbocycles. The lowest BCUT2D eigenvalue weighted by Crippen LogP contribution is -2.19. The van der Waals surface area contributed by atoms with E-state index < -0.39 is 6.10 Å². The van der Waals surface area contributed by atoms with Crippen molar-refractivity contribution in [1.29, 1.82) is 0 Å². The summed E-state index contributed by atoms with van der Waals surface area (Å²) in [5, 5.41) is 11.5.